The fourth-order valence-electron chi connectivity index (χ4n) is 2.79. The zero-order valence-corrected chi connectivity index (χ0v) is 14.3. The van der Waals surface area contributed by atoms with E-state index in [0.717, 1.165) is 42.0 Å². The second-order valence-corrected chi connectivity index (χ2v) is 6.85. The number of aromatic nitrogens is 2. The van der Waals surface area contributed by atoms with Crippen molar-refractivity contribution in [2.75, 3.05) is 12.3 Å². The standard InChI is InChI=1S/C16H26N4S/c1-5-12(6-2)20(9-11(3)4)10-14-18-15(17)13-7-8-21-16(13)19-14/h7-8,11-12H,5-6,9-10H2,1-4H3,(H2,17,18,19). The summed E-state index contributed by atoms with van der Waals surface area (Å²) >= 11 is 1.63. The molecular weight excluding hydrogens is 280 g/mol. The van der Waals surface area contributed by atoms with Crippen molar-refractivity contribution in [2.45, 2.75) is 53.1 Å². The lowest BCUT2D eigenvalue weighted by atomic mass is 10.1. The van der Waals surface area contributed by atoms with Crippen LogP contribution in [0.25, 0.3) is 10.2 Å². The van der Waals surface area contributed by atoms with Gasteiger partial charge in [0.1, 0.15) is 16.5 Å². The lowest BCUT2D eigenvalue weighted by Gasteiger charge is -2.31. The second-order valence-electron chi connectivity index (χ2n) is 5.96. The van der Waals surface area contributed by atoms with Gasteiger partial charge in [-0.25, -0.2) is 9.97 Å². The van der Waals surface area contributed by atoms with Gasteiger partial charge in [-0.1, -0.05) is 27.7 Å². The lowest BCUT2D eigenvalue weighted by Crippen LogP contribution is -2.37. The first-order valence-electron chi connectivity index (χ1n) is 7.78. The summed E-state index contributed by atoms with van der Waals surface area (Å²) in [5.41, 5.74) is 6.06. The van der Waals surface area contributed by atoms with Crippen molar-refractivity contribution in [1.29, 1.82) is 0 Å². The van der Waals surface area contributed by atoms with Crippen LogP contribution in [0.1, 0.15) is 46.4 Å². The summed E-state index contributed by atoms with van der Waals surface area (Å²) in [5, 5.41) is 2.99. The Morgan fingerprint density at radius 2 is 1.95 bits per heavy atom. The van der Waals surface area contributed by atoms with Gasteiger partial charge in [0.25, 0.3) is 0 Å². The van der Waals surface area contributed by atoms with Crippen LogP contribution in [0.5, 0.6) is 0 Å². The van der Waals surface area contributed by atoms with Gasteiger partial charge in [-0.15, -0.1) is 11.3 Å². The van der Waals surface area contributed by atoms with Gasteiger partial charge in [-0.2, -0.15) is 0 Å². The van der Waals surface area contributed by atoms with Crippen LogP contribution in [-0.2, 0) is 6.54 Å². The molecule has 0 amide bonds. The van der Waals surface area contributed by atoms with Gasteiger partial charge < -0.3 is 5.73 Å². The van der Waals surface area contributed by atoms with E-state index in [1.54, 1.807) is 11.3 Å². The minimum absolute atomic E-state index is 0.580. The number of fused-ring (bicyclic) bond motifs is 1. The van der Waals surface area contributed by atoms with E-state index in [0.29, 0.717) is 17.8 Å². The minimum Gasteiger partial charge on any atom is -0.383 e. The average molecular weight is 306 g/mol. The van der Waals surface area contributed by atoms with E-state index in [-0.39, 0.29) is 0 Å². The van der Waals surface area contributed by atoms with Crippen LogP contribution < -0.4 is 5.73 Å². The van der Waals surface area contributed by atoms with Gasteiger partial charge in [0.15, 0.2) is 0 Å². The Labute approximate surface area is 131 Å². The van der Waals surface area contributed by atoms with Crippen molar-refractivity contribution in [3.05, 3.63) is 17.3 Å². The Bertz CT molecular complexity index is 575. The molecule has 2 heterocycles. The average Bonchev–Trinajstić information content (AvgIpc) is 2.88. The largest absolute Gasteiger partial charge is 0.383 e. The molecule has 0 aliphatic rings. The van der Waals surface area contributed by atoms with Crippen molar-refractivity contribution in [2.24, 2.45) is 5.92 Å². The highest BCUT2D eigenvalue weighted by molar-refractivity contribution is 7.16. The molecule has 0 atom stereocenters. The number of rotatable bonds is 7. The lowest BCUT2D eigenvalue weighted by molar-refractivity contribution is 0.154. The van der Waals surface area contributed by atoms with E-state index in [1.807, 2.05) is 11.4 Å². The zero-order valence-electron chi connectivity index (χ0n) is 13.5. The van der Waals surface area contributed by atoms with Gasteiger partial charge in [-0.05, 0) is 30.2 Å². The molecule has 0 spiro atoms. The first kappa shape index (κ1) is 16.2. The SMILES string of the molecule is CCC(CC)N(Cc1nc(N)c2ccsc2n1)CC(C)C. The van der Waals surface area contributed by atoms with E-state index >= 15 is 0 Å². The number of thiophene rings is 1. The highest BCUT2D eigenvalue weighted by Crippen LogP contribution is 2.24. The molecule has 0 fully saturated rings. The topological polar surface area (TPSA) is 55.0 Å². The highest BCUT2D eigenvalue weighted by Gasteiger charge is 2.18. The molecule has 0 aliphatic carbocycles. The fraction of sp³-hybridized carbons (Fsp3) is 0.625. The third-order valence-corrected chi connectivity index (χ3v) is 4.61. The third kappa shape index (κ3) is 3.92. The molecule has 0 saturated carbocycles. The summed E-state index contributed by atoms with van der Waals surface area (Å²) in [6, 6.07) is 2.57. The molecule has 0 aromatic carbocycles. The molecule has 2 aromatic heterocycles. The molecule has 0 unspecified atom stereocenters. The first-order chi connectivity index (χ1) is 10.0. The van der Waals surface area contributed by atoms with Gasteiger partial charge in [0.05, 0.1) is 11.9 Å². The van der Waals surface area contributed by atoms with Crippen LogP contribution in [0.3, 0.4) is 0 Å². The predicted octanol–water partition coefficient (Wildman–Crippen LogP) is 3.92. The van der Waals surface area contributed by atoms with Crippen molar-refractivity contribution >= 4 is 27.4 Å². The normalized spacial score (nSPS) is 12.1. The van der Waals surface area contributed by atoms with E-state index in [1.165, 1.54) is 0 Å². The molecule has 2 N–H and O–H groups in total. The molecule has 0 aliphatic heterocycles. The summed E-state index contributed by atoms with van der Waals surface area (Å²) in [6.07, 6.45) is 2.31. The second kappa shape index (κ2) is 7.18. The summed E-state index contributed by atoms with van der Waals surface area (Å²) < 4.78 is 0. The van der Waals surface area contributed by atoms with E-state index in [2.05, 4.69) is 42.6 Å². The Balaban J connectivity index is 2.24. The molecule has 2 rings (SSSR count). The number of hydrogen-bond acceptors (Lipinski definition) is 5. The summed E-state index contributed by atoms with van der Waals surface area (Å²) in [7, 11) is 0. The van der Waals surface area contributed by atoms with Crippen LogP contribution in [-0.4, -0.2) is 27.5 Å². The highest BCUT2D eigenvalue weighted by atomic mass is 32.1. The third-order valence-electron chi connectivity index (χ3n) is 3.80. The molecule has 5 heteroatoms. The number of anilines is 1. The van der Waals surface area contributed by atoms with Crippen LogP contribution in [0, 0.1) is 5.92 Å². The van der Waals surface area contributed by atoms with Crippen molar-refractivity contribution < 1.29 is 0 Å². The van der Waals surface area contributed by atoms with Gasteiger partial charge in [-0.3, -0.25) is 4.90 Å². The van der Waals surface area contributed by atoms with E-state index < -0.39 is 0 Å². The Morgan fingerprint density at radius 1 is 1.24 bits per heavy atom. The van der Waals surface area contributed by atoms with Crippen molar-refractivity contribution in [1.82, 2.24) is 14.9 Å². The van der Waals surface area contributed by atoms with Crippen molar-refractivity contribution in [3.63, 3.8) is 0 Å². The number of nitrogens with two attached hydrogens (primary N) is 1. The van der Waals surface area contributed by atoms with Crippen LogP contribution in [0.4, 0.5) is 5.82 Å². The monoisotopic (exact) mass is 306 g/mol. The molecule has 0 saturated heterocycles. The number of hydrogen-bond donors (Lipinski definition) is 1. The van der Waals surface area contributed by atoms with Crippen molar-refractivity contribution in [3.8, 4) is 0 Å². The molecule has 2 aromatic rings. The van der Waals surface area contributed by atoms with E-state index in [9.17, 15) is 0 Å². The molecule has 4 nitrogen and oxygen atoms in total. The van der Waals surface area contributed by atoms with Crippen LogP contribution in [0.15, 0.2) is 11.4 Å². The molecule has 0 radical (unpaired) electrons. The predicted molar refractivity (Wildman–Crippen MR) is 91.4 cm³/mol. The maximum absolute atomic E-state index is 6.06. The maximum Gasteiger partial charge on any atom is 0.146 e. The minimum atomic E-state index is 0.580. The summed E-state index contributed by atoms with van der Waals surface area (Å²) in [6.45, 7) is 10.9. The summed E-state index contributed by atoms with van der Waals surface area (Å²) in [5.74, 6) is 2.08. The fourth-order valence-corrected chi connectivity index (χ4v) is 3.58. The van der Waals surface area contributed by atoms with Crippen LogP contribution in [0.2, 0.25) is 0 Å². The van der Waals surface area contributed by atoms with Crippen LogP contribution >= 0.6 is 11.3 Å². The maximum atomic E-state index is 6.06. The molecule has 21 heavy (non-hydrogen) atoms. The summed E-state index contributed by atoms with van der Waals surface area (Å²) in [4.78, 5) is 12.7. The molecular formula is C16H26N4S. The number of nitrogen functional groups attached to an aromatic ring is 1. The first-order valence-corrected chi connectivity index (χ1v) is 8.66. The number of nitrogens with zero attached hydrogens (tertiary/aromatic N) is 3. The smallest absolute Gasteiger partial charge is 0.146 e. The van der Waals surface area contributed by atoms with Gasteiger partial charge in [0, 0.05) is 12.6 Å². The zero-order chi connectivity index (χ0) is 15.4. The quantitative estimate of drug-likeness (QED) is 0.842. The van der Waals surface area contributed by atoms with Gasteiger partial charge in [0.2, 0.25) is 0 Å². The Morgan fingerprint density at radius 3 is 2.57 bits per heavy atom. The van der Waals surface area contributed by atoms with Gasteiger partial charge >= 0.3 is 0 Å². The van der Waals surface area contributed by atoms with E-state index in [4.69, 9.17) is 5.73 Å². The Kier molecular flexibility index (Phi) is 5.53. The molecule has 116 valence electrons. The molecule has 0 bridgehead atoms. The Hall–Kier alpha value is -1.20.